The van der Waals surface area contributed by atoms with Gasteiger partial charge < -0.3 is 24.8 Å². The Morgan fingerprint density at radius 3 is 2.52 bits per heavy atom. The monoisotopic (exact) mass is 300 g/mol. The highest BCUT2D eigenvalue weighted by Gasteiger charge is 2.68. The van der Waals surface area contributed by atoms with Crippen LogP contribution in [0.25, 0.3) is 0 Å². The zero-order valence-electron chi connectivity index (χ0n) is 13.1. The van der Waals surface area contributed by atoms with Crippen molar-refractivity contribution in [2.75, 3.05) is 33.4 Å². The molecule has 2 heterocycles. The molecular formula is C14H24N2O5. The van der Waals surface area contributed by atoms with Crippen LogP contribution in [0.1, 0.15) is 27.2 Å². The average molecular weight is 300 g/mol. The van der Waals surface area contributed by atoms with Crippen LogP contribution in [0.3, 0.4) is 0 Å². The van der Waals surface area contributed by atoms with E-state index in [0.29, 0.717) is 26.2 Å². The third-order valence-electron chi connectivity index (χ3n) is 4.75. The van der Waals surface area contributed by atoms with Gasteiger partial charge in [-0.25, -0.2) is 4.79 Å². The van der Waals surface area contributed by atoms with Crippen molar-refractivity contribution in [1.29, 1.82) is 0 Å². The van der Waals surface area contributed by atoms with Gasteiger partial charge in [-0.05, 0) is 5.41 Å². The standard InChI is InChI=1S/C14H24N2O5/c1-12(2,3)14(7-10(17)20-4)13(9-21-14)8-16(11(18)19)6-5-15-13/h15H,5-9H2,1-4H3,(H,18,19). The van der Waals surface area contributed by atoms with E-state index in [1.54, 1.807) is 0 Å². The molecule has 2 aliphatic heterocycles. The van der Waals surface area contributed by atoms with Crippen LogP contribution in [0.2, 0.25) is 0 Å². The van der Waals surface area contributed by atoms with Crippen LogP contribution in [-0.2, 0) is 14.3 Å². The zero-order valence-corrected chi connectivity index (χ0v) is 13.1. The Balaban J connectivity index is 2.33. The fourth-order valence-corrected chi connectivity index (χ4v) is 3.54. The first-order valence-corrected chi connectivity index (χ1v) is 7.11. The first-order valence-electron chi connectivity index (χ1n) is 7.11. The van der Waals surface area contributed by atoms with Gasteiger partial charge >= 0.3 is 12.1 Å². The molecule has 2 rings (SSSR count). The molecule has 2 unspecified atom stereocenters. The van der Waals surface area contributed by atoms with Crippen molar-refractivity contribution in [3.8, 4) is 0 Å². The van der Waals surface area contributed by atoms with Crippen molar-refractivity contribution in [2.24, 2.45) is 5.41 Å². The van der Waals surface area contributed by atoms with Crippen LogP contribution in [0.5, 0.6) is 0 Å². The van der Waals surface area contributed by atoms with Gasteiger partial charge in [0.05, 0.1) is 25.7 Å². The minimum atomic E-state index is -0.941. The number of esters is 1. The van der Waals surface area contributed by atoms with Crippen molar-refractivity contribution in [3.63, 3.8) is 0 Å². The van der Waals surface area contributed by atoms with Gasteiger partial charge in [-0.3, -0.25) is 4.79 Å². The number of nitrogens with one attached hydrogen (secondary N) is 1. The van der Waals surface area contributed by atoms with Crippen LogP contribution in [0, 0.1) is 5.41 Å². The van der Waals surface area contributed by atoms with E-state index in [2.05, 4.69) is 5.32 Å². The Bertz CT molecular complexity index is 447. The molecule has 0 aromatic carbocycles. The van der Waals surface area contributed by atoms with E-state index in [1.807, 2.05) is 20.8 Å². The summed E-state index contributed by atoms with van der Waals surface area (Å²) in [4.78, 5) is 24.5. The fourth-order valence-electron chi connectivity index (χ4n) is 3.54. The zero-order chi connectivity index (χ0) is 15.9. The average Bonchev–Trinajstić information content (AvgIpc) is 2.41. The molecule has 2 aliphatic rings. The maximum Gasteiger partial charge on any atom is 0.407 e. The summed E-state index contributed by atoms with van der Waals surface area (Å²) >= 11 is 0. The van der Waals surface area contributed by atoms with E-state index in [4.69, 9.17) is 9.47 Å². The van der Waals surface area contributed by atoms with E-state index in [9.17, 15) is 14.7 Å². The minimum Gasteiger partial charge on any atom is -0.469 e. The van der Waals surface area contributed by atoms with Crippen molar-refractivity contribution >= 4 is 12.1 Å². The Hall–Kier alpha value is -1.34. The summed E-state index contributed by atoms with van der Waals surface area (Å²) in [7, 11) is 1.35. The number of rotatable bonds is 2. The quantitative estimate of drug-likeness (QED) is 0.729. The normalized spacial score (nSPS) is 32.7. The molecule has 7 heteroatoms. The largest absolute Gasteiger partial charge is 0.469 e. The highest BCUT2D eigenvalue weighted by Crippen LogP contribution is 2.52. The predicted octanol–water partition coefficient (Wildman–Crippen LogP) is 0.687. The van der Waals surface area contributed by atoms with Gasteiger partial charge in [0.1, 0.15) is 5.60 Å². The molecule has 0 saturated carbocycles. The summed E-state index contributed by atoms with van der Waals surface area (Å²) in [6, 6.07) is 0. The third kappa shape index (κ3) is 2.38. The number of ether oxygens (including phenoxy) is 2. The van der Waals surface area contributed by atoms with Gasteiger partial charge in [-0.2, -0.15) is 0 Å². The molecule has 0 radical (unpaired) electrons. The lowest BCUT2D eigenvalue weighted by atomic mass is 9.59. The summed E-state index contributed by atoms with van der Waals surface area (Å²) in [5.74, 6) is -0.349. The van der Waals surface area contributed by atoms with Crippen molar-refractivity contribution in [1.82, 2.24) is 10.2 Å². The molecule has 120 valence electrons. The molecule has 2 N–H and O–H groups in total. The molecule has 0 aromatic heterocycles. The second-order valence-corrected chi connectivity index (χ2v) is 6.83. The first-order chi connectivity index (χ1) is 9.67. The third-order valence-corrected chi connectivity index (χ3v) is 4.75. The van der Waals surface area contributed by atoms with Crippen LogP contribution >= 0.6 is 0 Å². The summed E-state index contributed by atoms with van der Waals surface area (Å²) in [5, 5.41) is 12.7. The molecule has 0 bridgehead atoms. The van der Waals surface area contributed by atoms with Gasteiger partial charge in [-0.15, -0.1) is 0 Å². The van der Waals surface area contributed by atoms with E-state index < -0.39 is 17.2 Å². The van der Waals surface area contributed by atoms with Gasteiger partial charge in [0, 0.05) is 19.6 Å². The number of hydrogen-bond acceptors (Lipinski definition) is 5. The number of piperazine rings is 1. The maximum absolute atomic E-state index is 11.8. The SMILES string of the molecule is COC(=O)CC1(C(C)(C)C)OCC12CN(C(=O)O)CCN2. The topological polar surface area (TPSA) is 88.1 Å². The number of carbonyl (C=O) groups is 2. The van der Waals surface area contributed by atoms with E-state index >= 15 is 0 Å². The lowest BCUT2D eigenvalue weighted by Gasteiger charge is -2.66. The Morgan fingerprint density at radius 2 is 2.10 bits per heavy atom. The second-order valence-electron chi connectivity index (χ2n) is 6.83. The Kier molecular flexibility index (Phi) is 3.92. The maximum atomic E-state index is 11.8. The van der Waals surface area contributed by atoms with Gasteiger partial charge in [-0.1, -0.05) is 20.8 Å². The lowest BCUT2D eigenvalue weighted by molar-refractivity contribution is -0.289. The van der Waals surface area contributed by atoms with Crippen molar-refractivity contribution in [2.45, 2.75) is 38.3 Å². The van der Waals surface area contributed by atoms with Crippen molar-refractivity contribution in [3.05, 3.63) is 0 Å². The highest BCUT2D eigenvalue weighted by molar-refractivity contribution is 5.72. The molecule has 7 nitrogen and oxygen atoms in total. The molecule has 2 atom stereocenters. The Morgan fingerprint density at radius 1 is 1.43 bits per heavy atom. The molecule has 2 saturated heterocycles. The molecule has 21 heavy (non-hydrogen) atoms. The number of amides is 1. The predicted molar refractivity (Wildman–Crippen MR) is 75.1 cm³/mol. The Labute approximate surface area is 124 Å². The first kappa shape index (κ1) is 16.0. The number of hydrogen-bond donors (Lipinski definition) is 2. The van der Waals surface area contributed by atoms with Gasteiger partial charge in [0.25, 0.3) is 0 Å². The number of methoxy groups -OCH3 is 1. The van der Waals surface area contributed by atoms with E-state index in [1.165, 1.54) is 12.0 Å². The summed E-state index contributed by atoms with van der Waals surface area (Å²) in [6.07, 6.45) is -0.836. The second kappa shape index (κ2) is 5.14. The van der Waals surface area contributed by atoms with Crippen LogP contribution in [-0.4, -0.2) is 66.6 Å². The van der Waals surface area contributed by atoms with Gasteiger partial charge in [0.15, 0.2) is 0 Å². The van der Waals surface area contributed by atoms with Crippen LogP contribution in [0.4, 0.5) is 4.79 Å². The van der Waals surface area contributed by atoms with Crippen molar-refractivity contribution < 1.29 is 24.2 Å². The lowest BCUT2D eigenvalue weighted by Crippen LogP contribution is -2.85. The van der Waals surface area contributed by atoms with Crippen LogP contribution in [0.15, 0.2) is 0 Å². The molecule has 2 fully saturated rings. The number of carbonyl (C=O) groups excluding carboxylic acids is 1. The molecule has 0 aliphatic carbocycles. The smallest absolute Gasteiger partial charge is 0.407 e. The molecular weight excluding hydrogens is 276 g/mol. The highest BCUT2D eigenvalue weighted by atomic mass is 16.5. The number of carboxylic acid groups (broad SMARTS) is 1. The molecule has 1 amide bonds. The molecule has 0 aromatic rings. The summed E-state index contributed by atoms with van der Waals surface area (Å²) in [6.45, 7) is 7.70. The fraction of sp³-hybridized carbons (Fsp3) is 0.857. The molecule has 1 spiro atoms. The van der Waals surface area contributed by atoms with Crippen LogP contribution < -0.4 is 5.32 Å². The van der Waals surface area contributed by atoms with E-state index in [0.717, 1.165) is 0 Å². The summed E-state index contributed by atoms with van der Waals surface area (Å²) in [5.41, 5.74) is -1.66. The minimum absolute atomic E-state index is 0.105. The number of nitrogens with zero attached hydrogens (tertiary/aromatic N) is 1. The van der Waals surface area contributed by atoms with E-state index in [-0.39, 0.29) is 17.8 Å². The van der Waals surface area contributed by atoms with Gasteiger partial charge in [0.2, 0.25) is 0 Å². The summed E-state index contributed by atoms with van der Waals surface area (Å²) < 4.78 is 10.7.